The lowest BCUT2D eigenvalue weighted by Gasteiger charge is -2.23. The van der Waals surface area contributed by atoms with Crippen LogP contribution in [-0.2, 0) is 5.41 Å². The van der Waals surface area contributed by atoms with Crippen LogP contribution in [0.5, 0.6) is 23.0 Å². The maximum atomic E-state index is 11.3. The molecular formula is C21H26O6. The molecule has 1 N–H and O–H groups in total. The van der Waals surface area contributed by atoms with Crippen LogP contribution < -0.4 is 18.9 Å². The molecule has 0 spiro atoms. The Bertz CT molecular complexity index is 792. The Morgan fingerprint density at radius 3 is 2.00 bits per heavy atom. The fourth-order valence-electron chi connectivity index (χ4n) is 2.58. The highest BCUT2D eigenvalue weighted by atomic mass is 16.5. The molecule has 0 aliphatic heterocycles. The summed E-state index contributed by atoms with van der Waals surface area (Å²) in [5, 5.41) is 9.28. The van der Waals surface area contributed by atoms with Gasteiger partial charge in [0.15, 0.2) is 0 Å². The van der Waals surface area contributed by atoms with E-state index in [1.54, 1.807) is 19.2 Å². The van der Waals surface area contributed by atoms with Crippen LogP contribution in [0.3, 0.4) is 0 Å². The average Bonchev–Trinajstić information content (AvgIpc) is 2.64. The van der Waals surface area contributed by atoms with Gasteiger partial charge in [-0.1, -0.05) is 20.8 Å². The van der Waals surface area contributed by atoms with Crippen LogP contribution >= 0.6 is 0 Å². The number of hydrogen-bond donors (Lipinski definition) is 1. The number of ether oxygens (including phenoxy) is 4. The zero-order chi connectivity index (χ0) is 20.0. The molecule has 0 aliphatic carbocycles. The normalized spacial score (nSPS) is 11.0. The Labute approximate surface area is 159 Å². The minimum absolute atomic E-state index is 0.0793. The molecule has 0 fully saturated rings. The number of hydrogen-bond acceptors (Lipinski definition) is 5. The first kappa shape index (κ1) is 20.4. The highest BCUT2D eigenvalue weighted by Crippen LogP contribution is 2.34. The highest BCUT2D eigenvalue weighted by molar-refractivity contribution is 5.91. The van der Waals surface area contributed by atoms with Crippen LogP contribution in [0.25, 0.3) is 0 Å². The number of methoxy groups -OCH3 is 2. The van der Waals surface area contributed by atoms with E-state index in [9.17, 15) is 9.90 Å². The van der Waals surface area contributed by atoms with Crippen molar-refractivity contribution in [3.63, 3.8) is 0 Å². The smallest absolute Gasteiger partial charge is 0.339 e. The first-order valence-corrected chi connectivity index (χ1v) is 8.61. The molecule has 2 aromatic carbocycles. The van der Waals surface area contributed by atoms with Crippen molar-refractivity contribution in [3.8, 4) is 23.0 Å². The fourth-order valence-corrected chi connectivity index (χ4v) is 2.58. The molecule has 0 aromatic heterocycles. The molecule has 0 amide bonds. The van der Waals surface area contributed by atoms with Gasteiger partial charge < -0.3 is 24.1 Å². The van der Waals surface area contributed by atoms with E-state index in [1.165, 1.54) is 13.2 Å². The molecule has 0 saturated heterocycles. The second kappa shape index (κ2) is 8.66. The fraction of sp³-hybridized carbons (Fsp3) is 0.381. The van der Waals surface area contributed by atoms with Gasteiger partial charge in [0.2, 0.25) is 0 Å². The molecule has 0 aliphatic rings. The minimum atomic E-state index is -1.06. The molecule has 6 nitrogen and oxygen atoms in total. The van der Waals surface area contributed by atoms with Gasteiger partial charge in [0.05, 0.1) is 14.2 Å². The van der Waals surface area contributed by atoms with Gasteiger partial charge >= 0.3 is 5.97 Å². The lowest BCUT2D eigenvalue weighted by molar-refractivity contribution is 0.0691. The van der Waals surface area contributed by atoms with Crippen LogP contribution in [0.15, 0.2) is 36.4 Å². The summed E-state index contributed by atoms with van der Waals surface area (Å²) in [7, 11) is 3.14. The monoisotopic (exact) mass is 374 g/mol. The summed E-state index contributed by atoms with van der Waals surface area (Å²) in [4.78, 5) is 11.3. The van der Waals surface area contributed by atoms with E-state index in [1.807, 2.05) is 18.2 Å². The number of carboxylic acids is 1. The molecule has 146 valence electrons. The van der Waals surface area contributed by atoms with E-state index in [-0.39, 0.29) is 29.9 Å². The SMILES string of the molecule is COc1ccc(C(=O)O)c(OCCOc2ccc(OC)cc2C(C)(C)C)c1. The van der Waals surface area contributed by atoms with Gasteiger partial charge in [0.1, 0.15) is 41.8 Å². The van der Waals surface area contributed by atoms with E-state index in [0.717, 1.165) is 17.1 Å². The molecule has 6 heteroatoms. The van der Waals surface area contributed by atoms with Crippen molar-refractivity contribution in [1.29, 1.82) is 0 Å². The molecule has 0 unspecified atom stereocenters. The summed E-state index contributed by atoms with van der Waals surface area (Å²) >= 11 is 0. The Hall–Kier alpha value is -2.89. The Morgan fingerprint density at radius 1 is 0.889 bits per heavy atom. The second-order valence-corrected chi connectivity index (χ2v) is 6.98. The molecule has 27 heavy (non-hydrogen) atoms. The molecule has 0 radical (unpaired) electrons. The van der Waals surface area contributed by atoms with Crippen molar-refractivity contribution < 1.29 is 28.8 Å². The first-order chi connectivity index (χ1) is 12.8. The van der Waals surface area contributed by atoms with Crippen molar-refractivity contribution >= 4 is 5.97 Å². The number of rotatable bonds is 8. The number of carboxylic acid groups (broad SMARTS) is 1. The van der Waals surface area contributed by atoms with Gasteiger partial charge in [-0.25, -0.2) is 4.79 Å². The summed E-state index contributed by atoms with van der Waals surface area (Å²) < 4.78 is 21.9. The minimum Gasteiger partial charge on any atom is -0.497 e. The van der Waals surface area contributed by atoms with Crippen molar-refractivity contribution in [2.75, 3.05) is 27.4 Å². The van der Waals surface area contributed by atoms with Crippen LogP contribution in [0, 0.1) is 0 Å². The van der Waals surface area contributed by atoms with E-state index < -0.39 is 5.97 Å². The lowest BCUT2D eigenvalue weighted by atomic mass is 9.86. The quantitative estimate of drug-likeness (QED) is 0.700. The zero-order valence-corrected chi connectivity index (χ0v) is 16.4. The number of benzene rings is 2. The van der Waals surface area contributed by atoms with Crippen molar-refractivity contribution in [2.24, 2.45) is 0 Å². The summed E-state index contributed by atoms with van der Waals surface area (Å²) in [6.45, 7) is 6.76. The van der Waals surface area contributed by atoms with Gasteiger partial charge in [-0.05, 0) is 35.7 Å². The molecule has 0 saturated carbocycles. The van der Waals surface area contributed by atoms with Crippen molar-refractivity contribution in [3.05, 3.63) is 47.5 Å². The Morgan fingerprint density at radius 2 is 1.44 bits per heavy atom. The summed E-state index contributed by atoms with van der Waals surface area (Å²) in [5.41, 5.74) is 0.985. The number of aromatic carboxylic acids is 1. The maximum Gasteiger partial charge on any atom is 0.339 e. The molecular weight excluding hydrogens is 348 g/mol. The predicted octanol–water partition coefficient (Wildman–Crippen LogP) is 4.16. The van der Waals surface area contributed by atoms with Crippen LogP contribution in [0.4, 0.5) is 0 Å². The van der Waals surface area contributed by atoms with Gasteiger partial charge in [0, 0.05) is 11.6 Å². The number of carbonyl (C=O) groups is 1. The molecule has 0 heterocycles. The maximum absolute atomic E-state index is 11.3. The standard InChI is InChI=1S/C21H26O6/c1-21(2,3)17-12-14(24-4)7-9-18(17)26-10-11-27-19-13-15(25-5)6-8-16(19)20(22)23/h6-9,12-13H,10-11H2,1-5H3,(H,22,23). The topological polar surface area (TPSA) is 74.2 Å². The third-order valence-corrected chi connectivity index (χ3v) is 4.01. The van der Waals surface area contributed by atoms with Crippen molar-refractivity contribution in [1.82, 2.24) is 0 Å². The molecule has 2 aromatic rings. The third kappa shape index (κ3) is 5.29. The van der Waals surface area contributed by atoms with E-state index in [0.29, 0.717) is 5.75 Å². The van der Waals surface area contributed by atoms with Gasteiger partial charge in [-0.2, -0.15) is 0 Å². The van der Waals surface area contributed by atoms with Crippen LogP contribution in [0.1, 0.15) is 36.7 Å². The predicted molar refractivity (Wildman–Crippen MR) is 103 cm³/mol. The molecule has 2 rings (SSSR count). The summed E-state index contributed by atoms with van der Waals surface area (Å²) in [6.07, 6.45) is 0. The first-order valence-electron chi connectivity index (χ1n) is 8.61. The third-order valence-electron chi connectivity index (χ3n) is 4.01. The van der Waals surface area contributed by atoms with Gasteiger partial charge in [0.25, 0.3) is 0 Å². The van der Waals surface area contributed by atoms with Gasteiger partial charge in [-0.15, -0.1) is 0 Å². The van der Waals surface area contributed by atoms with Crippen molar-refractivity contribution in [2.45, 2.75) is 26.2 Å². The molecule has 0 bridgehead atoms. The van der Waals surface area contributed by atoms with Crippen LogP contribution in [0.2, 0.25) is 0 Å². The van der Waals surface area contributed by atoms with Gasteiger partial charge in [-0.3, -0.25) is 0 Å². The summed E-state index contributed by atoms with van der Waals surface area (Å²) in [5.74, 6) is 1.23. The summed E-state index contributed by atoms with van der Waals surface area (Å²) in [6, 6.07) is 10.3. The second-order valence-electron chi connectivity index (χ2n) is 6.98. The van der Waals surface area contributed by atoms with E-state index in [4.69, 9.17) is 18.9 Å². The average molecular weight is 374 g/mol. The zero-order valence-electron chi connectivity index (χ0n) is 16.4. The Balaban J connectivity index is 2.07. The lowest BCUT2D eigenvalue weighted by Crippen LogP contribution is -2.16. The molecule has 0 atom stereocenters. The highest BCUT2D eigenvalue weighted by Gasteiger charge is 2.20. The van der Waals surface area contributed by atoms with E-state index in [2.05, 4.69) is 20.8 Å². The largest absolute Gasteiger partial charge is 0.497 e. The van der Waals surface area contributed by atoms with E-state index >= 15 is 0 Å². The Kier molecular flexibility index (Phi) is 6.55. The van der Waals surface area contributed by atoms with Crippen LogP contribution in [-0.4, -0.2) is 38.5 Å².